The van der Waals surface area contributed by atoms with Crippen LogP contribution in [0.1, 0.15) is 17.5 Å². The lowest BCUT2D eigenvalue weighted by Gasteiger charge is -2.16. The van der Waals surface area contributed by atoms with Crippen LogP contribution >= 0.6 is 12.6 Å². The minimum atomic E-state index is -0.667. The van der Waals surface area contributed by atoms with Gasteiger partial charge in [0.1, 0.15) is 19.0 Å². The van der Waals surface area contributed by atoms with E-state index in [9.17, 15) is 19.7 Å². The number of amidine groups is 1. The van der Waals surface area contributed by atoms with Crippen LogP contribution in [0.2, 0.25) is 0 Å². The fourth-order valence-corrected chi connectivity index (χ4v) is 3.32. The summed E-state index contributed by atoms with van der Waals surface area (Å²) in [7, 11) is 1.56. The Bertz CT molecular complexity index is 1040. The van der Waals surface area contributed by atoms with Gasteiger partial charge in [-0.15, -0.1) is 0 Å². The van der Waals surface area contributed by atoms with Crippen LogP contribution in [0.4, 0.5) is 10.5 Å². The number of esters is 1. The van der Waals surface area contributed by atoms with Gasteiger partial charge in [-0.3, -0.25) is 15.0 Å². The van der Waals surface area contributed by atoms with Crippen LogP contribution in [0.25, 0.3) is 0 Å². The number of thiol groups is 1. The molecule has 1 aliphatic rings. The Morgan fingerprint density at radius 2 is 1.71 bits per heavy atom. The maximum absolute atomic E-state index is 12.5. The van der Waals surface area contributed by atoms with Crippen LogP contribution in [0, 0.1) is 10.1 Å². The van der Waals surface area contributed by atoms with Crippen LogP contribution in [0.15, 0.2) is 53.7 Å². The minimum Gasteiger partial charge on any atom is -0.497 e. The Balaban J connectivity index is 1.46. The third kappa shape index (κ3) is 7.10. The molecule has 34 heavy (non-hydrogen) atoms. The van der Waals surface area contributed by atoms with Crippen molar-refractivity contribution in [2.45, 2.75) is 24.9 Å². The Morgan fingerprint density at radius 3 is 2.32 bits per heavy atom. The molecule has 1 saturated heterocycles. The van der Waals surface area contributed by atoms with Crippen LogP contribution in [0.5, 0.6) is 5.75 Å². The number of nitrogens with zero attached hydrogens (tertiary/aromatic N) is 3. The summed E-state index contributed by atoms with van der Waals surface area (Å²) < 4.78 is 15.5. The molecule has 0 N–H and O–H groups in total. The van der Waals surface area contributed by atoms with Gasteiger partial charge in [0, 0.05) is 30.3 Å². The molecule has 0 spiro atoms. The highest BCUT2D eigenvalue weighted by atomic mass is 32.1. The summed E-state index contributed by atoms with van der Waals surface area (Å²) in [5.74, 6) is 0.355. The molecule has 0 saturated carbocycles. The van der Waals surface area contributed by atoms with Crippen molar-refractivity contribution in [2.24, 2.45) is 5.16 Å². The normalized spacial score (nSPS) is 16.2. The number of ether oxygens (including phenoxy) is 3. The van der Waals surface area contributed by atoms with Crippen molar-refractivity contribution in [3.63, 3.8) is 0 Å². The summed E-state index contributed by atoms with van der Waals surface area (Å²) in [6.07, 6.45) is -0.323. The summed E-state index contributed by atoms with van der Waals surface area (Å²) >= 11 is 4.37. The number of nitro benzene ring substituents is 1. The number of carbonyl (C=O) groups excluding carboxylic acids is 2. The summed E-state index contributed by atoms with van der Waals surface area (Å²) in [5.41, 5.74) is 1.33. The number of non-ortho nitro benzene ring substituents is 1. The molecule has 11 nitrogen and oxygen atoms in total. The number of likely N-dealkylation sites (tertiary alicyclic amines) is 1. The Kier molecular flexibility index (Phi) is 8.68. The van der Waals surface area contributed by atoms with Crippen molar-refractivity contribution in [3.8, 4) is 5.75 Å². The topological polar surface area (TPSA) is 130 Å². The molecule has 2 aromatic rings. The van der Waals surface area contributed by atoms with Gasteiger partial charge in [0.25, 0.3) is 5.69 Å². The van der Waals surface area contributed by atoms with E-state index in [-0.39, 0.29) is 36.5 Å². The second-order valence-corrected chi connectivity index (χ2v) is 7.97. The molecule has 3 rings (SSSR count). The first kappa shape index (κ1) is 24.8. The van der Waals surface area contributed by atoms with Gasteiger partial charge in [-0.05, 0) is 35.4 Å². The van der Waals surface area contributed by atoms with E-state index in [1.807, 2.05) is 0 Å². The number of hydrogen-bond donors (Lipinski definition) is 1. The molecule has 0 bridgehead atoms. The number of nitro groups is 1. The lowest BCUT2D eigenvalue weighted by Crippen LogP contribution is -2.33. The summed E-state index contributed by atoms with van der Waals surface area (Å²) in [5, 5.41) is 14.4. The van der Waals surface area contributed by atoms with Crippen LogP contribution in [-0.2, 0) is 32.3 Å². The maximum atomic E-state index is 12.5. The van der Waals surface area contributed by atoms with Crippen molar-refractivity contribution in [1.29, 1.82) is 0 Å². The highest BCUT2D eigenvalue weighted by Gasteiger charge is 2.32. The van der Waals surface area contributed by atoms with Gasteiger partial charge < -0.3 is 19.0 Å². The quantitative estimate of drug-likeness (QED) is 0.246. The molecule has 1 amide bonds. The minimum absolute atomic E-state index is 0.0540. The average molecular weight is 490 g/mol. The standard InChI is InChI=1S/C22H23N3O8S/c1-30-18-8-4-16(5-9-18)12-31-21(26)14-33-23-20-10-19(34)11-24(20)22(27)32-13-15-2-6-17(7-3-15)25(28)29/h2-9,19,34H,10-14H2,1H3/b23-20+. The number of benzene rings is 2. The molecular formula is C22H23N3O8S. The highest BCUT2D eigenvalue weighted by Crippen LogP contribution is 2.20. The van der Waals surface area contributed by atoms with Gasteiger partial charge in [-0.2, -0.15) is 12.6 Å². The Hall–Kier alpha value is -3.80. The number of amides is 1. The average Bonchev–Trinajstić information content (AvgIpc) is 3.22. The molecule has 1 heterocycles. The molecule has 0 aliphatic carbocycles. The van der Waals surface area contributed by atoms with Crippen LogP contribution in [-0.4, -0.2) is 53.2 Å². The van der Waals surface area contributed by atoms with E-state index in [2.05, 4.69) is 17.8 Å². The van der Waals surface area contributed by atoms with E-state index in [0.717, 1.165) is 5.56 Å². The lowest BCUT2D eigenvalue weighted by molar-refractivity contribution is -0.384. The van der Waals surface area contributed by atoms with E-state index >= 15 is 0 Å². The largest absolute Gasteiger partial charge is 0.497 e. The number of rotatable bonds is 9. The summed E-state index contributed by atoms with van der Waals surface area (Å²) in [4.78, 5) is 40.9. The van der Waals surface area contributed by atoms with Crippen molar-refractivity contribution in [1.82, 2.24) is 4.90 Å². The van der Waals surface area contributed by atoms with Gasteiger partial charge in [-0.1, -0.05) is 17.3 Å². The molecule has 1 atom stereocenters. The van der Waals surface area contributed by atoms with E-state index < -0.39 is 23.6 Å². The fourth-order valence-electron chi connectivity index (χ4n) is 2.99. The van der Waals surface area contributed by atoms with Gasteiger partial charge in [0.2, 0.25) is 6.61 Å². The van der Waals surface area contributed by atoms with Crippen molar-refractivity contribution in [3.05, 3.63) is 69.8 Å². The van der Waals surface area contributed by atoms with Crippen LogP contribution in [0.3, 0.4) is 0 Å². The number of methoxy groups -OCH3 is 1. The first-order valence-electron chi connectivity index (χ1n) is 10.2. The highest BCUT2D eigenvalue weighted by molar-refractivity contribution is 7.81. The predicted molar refractivity (Wildman–Crippen MR) is 124 cm³/mol. The van der Waals surface area contributed by atoms with Crippen molar-refractivity contribution in [2.75, 3.05) is 20.3 Å². The molecule has 0 radical (unpaired) electrons. The molecule has 0 aromatic heterocycles. The number of carbonyl (C=O) groups is 2. The van der Waals surface area contributed by atoms with Gasteiger partial charge in [0.05, 0.1) is 12.0 Å². The number of hydrogen-bond acceptors (Lipinski definition) is 10. The first-order chi connectivity index (χ1) is 16.4. The second-order valence-electron chi connectivity index (χ2n) is 7.24. The van der Waals surface area contributed by atoms with Gasteiger partial charge in [-0.25, -0.2) is 9.59 Å². The molecule has 1 aliphatic heterocycles. The van der Waals surface area contributed by atoms with E-state index in [1.165, 1.54) is 29.2 Å². The Labute approximate surface area is 200 Å². The fraction of sp³-hybridized carbons (Fsp3) is 0.318. The van der Waals surface area contributed by atoms with Crippen molar-refractivity contribution < 1.29 is 33.6 Å². The smallest absolute Gasteiger partial charge is 0.415 e. The zero-order chi connectivity index (χ0) is 24.5. The molecule has 12 heteroatoms. The third-order valence-corrected chi connectivity index (χ3v) is 5.11. The van der Waals surface area contributed by atoms with E-state index in [0.29, 0.717) is 17.7 Å². The molecule has 180 valence electrons. The van der Waals surface area contributed by atoms with Gasteiger partial charge >= 0.3 is 12.1 Å². The summed E-state index contributed by atoms with van der Waals surface area (Å²) in [6, 6.07) is 12.7. The predicted octanol–water partition coefficient (Wildman–Crippen LogP) is 3.32. The molecular weight excluding hydrogens is 466 g/mol. The Morgan fingerprint density at radius 1 is 1.09 bits per heavy atom. The zero-order valence-electron chi connectivity index (χ0n) is 18.3. The molecule has 1 fully saturated rings. The number of oxime groups is 1. The first-order valence-corrected chi connectivity index (χ1v) is 10.7. The molecule has 2 aromatic carbocycles. The SMILES string of the molecule is COc1ccc(COC(=O)CO/N=C2\CC(S)CN2C(=O)OCc2ccc([N+](=O)[O-])cc2)cc1. The maximum Gasteiger partial charge on any atom is 0.415 e. The lowest BCUT2D eigenvalue weighted by atomic mass is 10.2. The summed E-state index contributed by atoms with van der Waals surface area (Å²) in [6.45, 7) is -0.173. The monoisotopic (exact) mass is 489 g/mol. The van der Waals surface area contributed by atoms with Crippen LogP contribution < -0.4 is 4.74 Å². The van der Waals surface area contributed by atoms with E-state index in [4.69, 9.17) is 19.0 Å². The second kappa shape index (κ2) is 11.9. The molecule has 1 unspecified atom stereocenters. The van der Waals surface area contributed by atoms with E-state index in [1.54, 1.807) is 31.4 Å². The van der Waals surface area contributed by atoms with Gasteiger partial charge in [0.15, 0.2) is 5.84 Å². The zero-order valence-corrected chi connectivity index (χ0v) is 19.2. The third-order valence-electron chi connectivity index (χ3n) is 4.76. The van der Waals surface area contributed by atoms with Crippen molar-refractivity contribution >= 4 is 36.2 Å².